The van der Waals surface area contributed by atoms with Crippen LogP contribution in [0.3, 0.4) is 0 Å². The maximum atomic E-state index is 13.1. The Hall–Kier alpha value is -0.860. The quantitative estimate of drug-likeness (QED) is 0.737. The van der Waals surface area contributed by atoms with E-state index in [1.54, 1.807) is 0 Å². The van der Waals surface area contributed by atoms with Gasteiger partial charge in [0.2, 0.25) is 0 Å². The van der Waals surface area contributed by atoms with E-state index in [0.29, 0.717) is 11.1 Å². The molecule has 1 aliphatic carbocycles. The summed E-state index contributed by atoms with van der Waals surface area (Å²) in [4.78, 5) is 0. The van der Waals surface area contributed by atoms with Gasteiger partial charge >= 0.3 is 0 Å². The third kappa shape index (κ3) is 4.32. The van der Waals surface area contributed by atoms with Crippen molar-refractivity contribution in [2.45, 2.75) is 51.5 Å². The highest BCUT2D eigenvalue weighted by atomic mass is 35.5. The molecule has 20 heavy (non-hydrogen) atoms. The average molecular weight is 296 g/mol. The lowest BCUT2D eigenvalue weighted by atomic mass is 9.90. The van der Waals surface area contributed by atoms with Crippen molar-refractivity contribution < 1.29 is 4.39 Å². The zero-order chi connectivity index (χ0) is 14.4. The van der Waals surface area contributed by atoms with Crippen LogP contribution in [0.15, 0.2) is 29.8 Å². The van der Waals surface area contributed by atoms with E-state index in [1.807, 2.05) is 6.07 Å². The summed E-state index contributed by atoms with van der Waals surface area (Å²) >= 11 is 6.16. The van der Waals surface area contributed by atoms with Crippen molar-refractivity contribution in [3.63, 3.8) is 0 Å². The van der Waals surface area contributed by atoms with Gasteiger partial charge in [-0.1, -0.05) is 36.2 Å². The standard InChI is InChI=1S/C17H23ClFN/c1-2-10-20-17(13-6-4-3-5-7-13)11-14-8-9-15(19)12-16(14)18/h6,8-9,12,17,20H,2-5,7,10-11H2,1H3. The van der Waals surface area contributed by atoms with Crippen LogP contribution in [0.4, 0.5) is 4.39 Å². The summed E-state index contributed by atoms with van der Waals surface area (Å²) in [5, 5.41) is 4.14. The summed E-state index contributed by atoms with van der Waals surface area (Å²) in [7, 11) is 0. The third-order valence-electron chi connectivity index (χ3n) is 3.85. The second-order valence-electron chi connectivity index (χ2n) is 5.47. The Morgan fingerprint density at radius 1 is 1.35 bits per heavy atom. The zero-order valence-corrected chi connectivity index (χ0v) is 12.8. The van der Waals surface area contributed by atoms with E-state index in [4.69, 9.17) is 11.6 Å². The number of allylic oxidation sites excluding steroid dienone is 1. The van der Waals surface area contributed by atoms with Gasteiger partial charge in [-0.2, -0.15) is 0 Å². The molecule has 0 aliphatic heterocycles. The van der Waals surface area contributed by atoms with Crippen molar-refractivity contribution in [1.82, 2.24) is 5.32 Å². The number of nitrogens with one attached hydrogen (secondary N) is 1. The van der Waals surface area contributed by atoms with Crippen LogP contribution in [0.25, 0.3) is 0 Å². The minimum absolute atomic E-state index is 0.270. The van der Waals surface area contributed by atoms with Gasteiger partial charge in [0.05, 0.1) is 0 Å². The molecule has 0 amide bonds. The molecule has 0 radical (unpaired) electrons. The van der Waals surface area contributed by atoms with E-state index in [9.17, 15) is 4.39 Å². The monoisotopic (exact) mass is 295 g/mol. The van der Waals surface area contributed by atoms with Crippen LogP contribution >= 0.6 is 11.6 Å². The summed E-state index contributed by atoms with van der Waals surface area (Å²) in [6.45, 7) is 3.17. The Morgan fingerprint density at radius 2 is 2.20 bits per heavy atom. The Bertz CT molecular complexity index is 470. The van der Waals surface area contributed by atoms with Crippen molar-refractivity contribution in [3.8, 4) is 0 Å². The Kier molecular flexibility index (Phi) is 6.06. The molecule has 0 saturated heterocycles. The second-order valence-corrected chi connectivity index (χ2v) is 5.88. The maximum absolute atomic E-state index is 13.1. The molecule has 0 spiro atoms. The number of benzene rings is 1. The van der Waals surface area contributed by atoms with Gasteiger partial charge < -0.3 is 5.32 Å². The fraction of sp³-hybridized carbons (Fsp3) is 0.529. The van der Waals surface area contributed by atoms with Gasteiger partial charge in [0.15, 0.2) is 0 Å². The molecule has 1 aromatic carbocycles. The molecule has 1 N–H and O–H groups in total. The van der Waals surface area contributed by atoms with E-state index in [1.165, 1.54) is 43.4 Å². The molecule has 1 atom stereocenters. The first-order valence-corrected chi connectivity index (χ1v) is 7.94. The normalized spacial score (nSPS) is 16.9. The van der Waals surface area contributed by atoms with Gasteiger partial charge in [-0.15, -0.1) is 0 Å². The van der Waals surface area contributed by atoms with Gasteiger partial charge in [0.25, 0.3) is 0 Å². The van der Waals surface area contributed by atoms with E-state index >= 15 is 0 Å². The van der Waals surface area contributed by atoms with E-state index in [-0.39, 0.29) is 5.82 Å². The molecule has 3 heteroatoms. The number of hydrogen-bond acceptors (Lipinski definition) is 1. The van der Waals surface area contributed by atoms with E-state index in [2.05, 4.69) is 18.3 Å². The van der Waals surface area contributed by atoms with Crippen LogP contribution in [0, 0.1) is 5.82 Å². The molecular weight excluding hydrogens is 273 g/mol. The zero-order valence-electron chi connectivity index (χ0n) is 12.1. The first-order chi connectivity index (χ1) is 9.70. The molecule has 1 aromatic rings. The smallest absolute Gasteiger partial charge is 0.124 e. The Balaban J connectivity index is 2.12. The predicted octanol–water partition coefficient (Wildman–Crippen LogP) is 4.89. The predicted molar refractivity (Wildman–Crippen MR) is 83.7 cm³/mol. The molecule has 0 fully saturated rings. The summed E-state index contributed by atoms with van der Waals surface area (Å²) in [5.41, 5.74) is 2.51. The van der Waals surface area contributed by atoms with Crippen molar-refractivity contribution >= 4 is 11.6 Å². The molecule has 0 heterocycles. The minimum Gasteiger partial charge on any atom is -0.310 e. The molecule has 0 bridgehead atoms. The van der Waals surface area contributed by atoms with Crippen molar-refractivity contribution in [2.75, 3.05) is 6.54 Å². The van der Waals surface area contributed by atoms with E-state index in [0.717, 1.165) is 24.9 Å². The second kappa shape index (κ2) is 7.80. The lowest BCUT2D eigenvalue weighted by Crippen LogP contribution is -2.34. The lowest BCUT2D eigenvalue weighted by molar-refractivity contribution is 0.525. The van der Waals surface area contributed by atoms with Crippen LogP contribution in [-0.2, 0) is 6.42 Å². The van der Waals surface area contributed by atoms with Crippen LogP contribution in [0.5, 0.6) is 0 Å². The molecule has 1 aliphatic rings. The van der Waals surface area contributed by atoms with Crippen LogP contribution in [0.1, 0.15) is 44.6 Å². The summed E-state index contributed by atoms with van der Waals surface area (Å²) in [5.74, 6) is -0.270. The van der Waals surface area contributed by atoms with Crippen molar-refractivity contribution in [1.29, 1.82) is 0 Å². The molecule has 0 saturated carbocycles. The van der Waals surface area contributed by atoms with Crippen LogP contribution < -0.4 is 5.32 Å². The van der Waals surface area contributed by atoms with Crippen molar-refractivity contribution in [3.05, 3.63) is 46.3 Å². The number of halogens is 2. The molecule has 1 nitrogen and oxygen atoms in total. The highest BCUT2D eigenvalue weighted by Crippen LogP contribution is 2.25. The fourth-order valence-corrected chi connectivity index (χ4v) is 2.98. The van der Waals surface area contributed by atoms with Gasteiger partial charge in [-0.3, -0.25) is 0 Å². The SMILES string of the molecule is CCCNC(Cc1ccc(F)cc1Cl)C1=CCCCC1. The maximum Gasteiger partial charge on any atom is 0.124 e. The third-order valence-corrected chi connectivity index (χ3v) is 4.21. The average Bonchev–Trinajstić information content (AvgIpc) is 2.46. The molecular formula is C17H23ClFN. The topological polar surface area (TPSA) is 12.0 Å². The molecule has 1 unspecified atom stereocenters. The first-order valence-electron chi connectivity index (χ1n) is 7.57. The number of hydrogen-bond donors (Lipinski definition) is 1. The van der Waals surface area contributed by atoms with Crippen LogP contribution in [0.2, 0.25) is 5.02 Å². The summed E-state index contributed by atoms with van der Waals surface area (Å²) in [6.07, 6.45) is 9.23. The molecule has 0 aromatic heterocycles. The van der Waals surface area contributed by atoms with Crippen molar-refractivity contribution in [2.24, 2.45) is 0 Å². The Labute approximate surface area is 126 Å². The van der Waals surface area contributed by atoms with Crippen LogP contribution in [-0.4, -0.2) is 12.6 Å². The largest absolute Gasteiger partial charge is 0.310 e. The first kappa shape index (κ1) is 15.5. The molecule has 110 valence electrons. The van der Waals surface area contributed by atoms with Gasteiger partial charge in [0.1, 0.15) is 5.82 Å². The van der Waals surface area contributed by atoms with Gasteiger partial charge in [0, 0.05) is 11.1 Å². The Morgan fingerprint density at radius 3 is 2.85 bits per heavy atom. The molecule has 2 rings (SSSR count). The minimum atomic E-state index is -0.270. The highest BCUT2D eigenvalue weighted by molar-refractivity contribution is 6.31. The fourth-order valence-electron chi connectivity index (χ4n) is 2.74. The van der Waals surface area contributed by atoms with E-state index < -0.39 is 0 Å². The van der Waals surface area contributed by atoms with Gasteiger partial charge in [-0.05, 0) is 62.8 Å². The lowest BCUT2D eigenvalue weighted by Gasteiger charge is -2.25. The highest BCUT2D eigenvalue weighted by Gasteiger charge is 2.17. The number of rotatable bonds is 6. The van der Waals surface area contributed by atoms with Gasteiger partial charge in [-0.25, -0.2) is 4.39 Å². The summed E-state index contributed by atoms with van der Waals surface area (Å²) in [6, 6.07) is 5.04. The summed E-state index contributed by atoms with van der Waals surface area (Å²) < 4.78 is 13.1.